The van der Waals surface area contributed by atoms with Crippen LogP contribution in [0.2, 0.25) is 5.02 Å². The van der Waals surface area contributed by atoms with E-state index in [1.165, 1.54) is 4.90 Å². The van der Waals surface area contributed by atoms with Crippen molar-refractivity contribution >= 4 is 17.7 Å². The molecule has 0 saturated heterocycles. The second kappa shape index (κ2) is 6.53. The molecule has 0 aromatic heterocycles. The number of hydrogen-bond acceptors (Lipinski definition) is 1. The van der Waals surface area contributed by atoms with Crippen LogP contribution in [0, 0.1) is 0 Å². The molecule has 5 heteroatoms. The first-order valence-corrected chi connectivity index (χ1v) is 6.83. The van der Waals surface area contributed by atoms with Gasteiger partial charge in [0.15, 0.2) is 0 Å². The van der Waals surface area contributed by atoms with Crippen molar-refractivity contribution in [2.75, 3.05) is 0 Å². The molecule has 0 N–H and O–H groups in total. The van der Waals surface area contributed by atoms with E-state index >= 15 is 0 Å². The molecule has 0 saturated carbocycles. The van der Waals surface area contributed by atoms with Gasteiger partial charge >= 0.3 is 6.18 Å². The van der Waals surface area contributed by atoms with Crippen LogP contribution in [0.4, 0.5) is 13.2 Å². The maximum absolute atomic E-state index is 13.3. The highest BCUT2D eigenvalue weighted by Gasteiger charge is 2.39. The third-order valence-corrected chi connectivity index (χ3v) is 3.11. The predicted molar refractivity (Wildman–Crippen MR) is 77.6 cm³/mol. The predicted octanol–water partition coefficient (Wildman–Crippen LogP) is 5.36. The molecule has 0 unspecified atom stereocenters. The summed E-state index contributed by atoms with van der Waals surface area (Å²) in [5.74, 6) is 0. The second-order valence-electron chi connectivity index (χ2n) is 5.17. The smallest absolute Gasteiger partial charge is 0.363 e. The molecular weight excluding hydrogens is 287 g/mol. The molecule has 0 radical (unpaired) electrons. The summed E-state index contributed by atoms with van der Waals surface area (Å²) < 4.78 is 40.0. The minimum Gasteiger partial charge on any atom is -0.363 e. The van der Waals surface area contributed by atoms with Gasteiger partial charge in [-0.1, -0.05) is 23.7 Å². The van der Waals surface area contributed by atoms with Crippen molar-refractivity contribution in [3.63, 3.8) is 0 Å². The Morgan fingerprint density at radius 3 is 1.85 bits per heavy atom. The van der Waals surface area contributed by atoms with Crippen LogP contribution < -0.4 is 0 Å². The number of rotatable bonds is 4. The fourth-order valence-electron chi connectivity index (χ4n) is 2.17. The summed E-state index contributed by atoms with van der Waals surface area (Å²) >= 11 is 5.75. The minimum atomic E-state index is -4.39. The zero-order chi connectivity index (χ0) is 15.5. The summed E-state index contributed by atoms with van der Waals surface area (Å²) in [5.41, 5.74) is -0.155. The standard InChI is InChI=1S/C15H19ClF3N/c1-10(2)20(11(3)4)14(15(17,18)19)9-12-5-7-13(16)8-6-12/h5-11H,1-4H3/b14-9-. The van der Waals surface area contributed by atoms with Gasteiger partial charge in [0.2, 0.25) is 0 Å². The quantitative estimate of drug-likeness (QED) is 0.723. The average molecular weight is 306 g/mol. The zero-order valence-electron chi connectivity index (χ0n) is 12.0. The van der Waals surface area contributed by atoms with Gasteiger partial charge in [0.05, 0.1) is 0 Å². The van der Waals surface area contributed by atoms with Crippen molar-refractivity contribution in [2.24, 2.45) is 0 Å². The lowest BCUT2D eigenvalue weighted by molar-refractivity contribution is -0.116. The number of benzene rings is 1. The highest BCUT2D eigenvalue weighted by atomic mass is 35.5. The molecule has 0 spiro atoms. The Morgan fingerprint density at radius 1 is 1.05 bits per heavy atom. The first kappa shape index (κ1) is 16.9. The SMILES string of the molecule is CC(C)N(/C(=C\c1ccc(Cl)cc1)C(F)(F)F)C(C)C. The van der Waals surface area contributed by atoms with Crippen LogP contribution in [0.3, 0.4) is 0 Å². The van der Waals surface area contributed by atoms with E-state index in [2.05, 4.69) is 0 Å². The fraction of sp³-hybridized carbons (Fsp3) is 0.467. The van der Waals surface area contributed by atoms with E-state index in [0.717, 1.165) is 6.08 Å². The number of nitrogens with zero attached hydrogens (tertiary/aromatic N) is 1. The van der Waals surface area contributed by atoms with Gasteiger partial charge < -0.3 is 4.90 Å². The van der Waals surface area contributed by atoms with Crippen LogP contribution >= 0.6 is 11.6 Å². The molecule has 112 valence electrons. The lowest BCUT2D eigenvalue weighted by atomic mass is 10.1. The molecule has 1 aromatic carbocycles. The molecular formula is C15H19ClF3N. The van der Waals surface area contributed by atoms with Gasteiger partial charge in [0.25, 0.3) is 0 Å². The molecule has 20 heavy (non-hydrogen) atoms. The van der Waals surface area contributed by atoms with Crippen LogP contribution in [0.5, 0.6) is 0 Å². The van der Waals surface area contributed by atoms with E-state index in [-0.39, 0.29) is 12.1 Å². The molecule has 1 aromatic rings. The molecule has 0 aliphatic carbocycles. The maximum Gasteiger partial charge on any atom is 0.431 e. The number of halogens is 4. The molecule has 0 heterocycles. The molecule has 0 bridgehead atoms. The summed E-state index contributed by atoms with van der Waals surface area (Å²) in [6.45, 7) is 7.01. The summed E-state index contributed by atoms with van der Waals surface area (Å²) in [4.78, 5) is 1.37. The Kier molecular flexibility index (Phi) is 5.51. The van der Waals surface area contributed by atoms with Crippen molar-refractivity contribution in [2.45, 2.75) is 46.0 Å². The van der Waals surface area contributed by atoms with Gasteiger partial charge in [-0.2, -0.15) is 13.2 Å². The highest BCUT2D eigenvalue weighted by Crippen LogP contribution is 2.33. The van der Waals surface area contributed by atoms with Crippen LogP contribution in [-0.4, -0.2) is 23.2 Å². The Labute approximate surface area is 123 Å². The Balaban J connectivity index is 3.28. The van der Waals surface area contributed by atoms with Crippen molar-refractivity contribution in [1.82, 2.24) is 4.90 Å². The molecule has 1 nitrogen and oxygen atoms in total. The number of alkyl halides is 3. The first-order valence-electron chi connectivity index (χ1n) is 6.45. The monoisotopic (exact) mass is 305 g/mol. The molecule has 0 atom stereocenters. The van der Waals surface area contributed by atoms with Crippen molar-refractivity contribution < 1.29 is 13.2 Å². The highest BCUT2D eigenvalue weighted by molar-refractivity contribution is 6.30. The average Bonchev–Trinajstić information content (AvgIpc) is 2.28. The van der Waals surface area contributed by atoms with E-state index < -0.39 is 11.9 Å². The fourth-order valence-corrected chi connectivity index (χ4v) is 2.30. The topological polar surface area (TPSA) is 3.24 Å². The van der Waals surface area contributed by atoms with Gasteiger partial charge in [0, 0.05) is 17.1 Å². The molecule has 0 fully saturated rings. The van der Waals surface area contributed by atoms with Gasteiger partial charge in [-0.15, -0.1) is 0 Å². The van der Waals surface area contributed by atoms with E-state index in [9.17, 15) is 13.2 Å². The van der Waals surface area contributed by atoms with Crippen molar-refractivity contribution in [3.8, 4) is 0 Å². The largest absolute Gasteiger partial charge is 0.431 e. The lowest BCUT2D eigenvalue weighted by Crippen LogP contribution is -2.41. The van der Waals surface area contributed by atoms with Crippen LogP contribution in [0.15, 0.2) is 30.0 Å². The van der Waals surface area contributed by atoms with Crippen LogP contribution in [0.25, 0.3) is 6.08 Å². The first-order chi connectivity index (χ1) is 9.12. The number of hydrogen-bond donors (Lipinski definition) is 0. The van der Waals surface area contributed by atoms with Crippen molar-refractivity contribution in [1.29, 1.82) is 0 Å². The van der Waals surface area contributed by atoms with Gasteiger partial charge in [0.1, 0.15) is 5.70 Å². The zero-order valence-corrected chi connectivity index (χ0v) is 12.8. The third kappa shape index (κ3) is 4.44. The molecule has 0 amide bonds. The second-order valence-corrected chi connectivity index (χ2v) is 5.61. The minimum absolute atomic E-state index is 0.241. The normalized spacial score (nSPS) is 13.2. The van der Waals surface area contributed by atoms with E-state index in [1.54, 1.807) is 52.0 Å². The third-order valence-electron chi connectivity index (χ3n) is 2.85. The summed E-state index contributed by atoms with van der Waals surface area (Å²) in [7, 11) is 0. The number of allylic oxidation sites excluding steroid dienone is 1. The van der Waals surface area contributed by atoms with E-state index in [0.29, 0.717) is 10.6 Å². The molecule has 0 aliphatic heterocycles. The lowest BCUT2D eigenvalue weighted by Gasteiger charge is -2.36. The van der Waals surface area contributed by atoms with Gasteiger partial charge in [-0.3, -0.25) is 0 Å². The molecule has 0 aliphatic rings. The summed E-state index contributed by atoms with van der Waals surface area (Å²) in [6.07, 6.45) is -3.23. The molecule has 1 rings (SSSR count). The summed E-state index contributed by atoms with van der Waals surface area (Å²) in [6, 6.07) is 5.83. The van der Waals surface area contributed by atoms with E-state index in [4.69, 9.17) is 11.6 Å². The van der Waals surface area contributed by atoms with E-state index in [1.807, 2.05) is 0 Å². The Bertz CT molecular complexity index is 453. The van der Waals surface area contributed by atoms with Crippen molar-refractivity contribution in [3.05, 3.63) is 40.5 Å². The van der Waals surface area contributed by atoms with Crippen LogP contribution in [-0.2, 0) is 0 Å². The van der Waals surface area contributed by atoms with Crippen LogP contribution in [0.1, 0.15) is 33.3 Å². The maximum atomic E-state index is 13.3. The Morgan fingerprint density at radius 2 is 1.50 bits per heavy atom. The summed E-state index contributed by atoms with van der Waals surface area (Å²) in [5, 5.41) is 0.500. The Hall–Kier alpha value is -1.16. The van der Waals surface area contributed by atoms with Gasteiger partial charge in [-0.05, 0) is 51.5 Å². The van der Waals surface area contributed by atoms with Gasteiger partial charge in [-0.25, -0.2) is 0 Å².